The van der Waals surface area contributed by atoms with E-state index in [1.165, 1.54) is 4.90 Å². The predicted molar refractivity (Wildman–Crippen MR) is 66.2 cm³/mol. The van der Waals surface area contributed by atoms with Gasteiger partial charge in [-0.1, -0.05) is 0 Å². The van der Waals surface area contributed by atoms with Crippen molar-refractivity contribution in [2.45, 2.75) is 57.3 Å². The number of rotatable bonds is 3. The molecule has 1 N–H and O–H groups in total. The Morgan fingerprint density at radius 2 is 2.05 bits per heavy atom. The molecule has 0 radical (unpaired) electrons. The van der Waals surface area contributed by atoms with E-state index in [1.807, 2.05) is 0 Å². The molecule has 0 spiro atoms. The molecule has 0 aromatic rings. The van der Waals surface area contributed by atoms with Crippen molar-refractivity contribution in [2.24, 2.45) is 0 Å². The molecule has 3 atom stereocenters. The SMILES string of the molecule is CC1(C)OC[C@H]([C@@H](O)C(C)(F)C(=O)N2CCCC2)O1. The number of halogens is 1. The van der Waals surface area contributed by atoms with Crippen LogP contribution in [0.1, 0.15) is 33.6 Å². The fraction of sp³-hybridized carbons (Fsp3) is 0.923. The maximum Gasteiger partial charge on any atom is 0.262 e. The second-order valence-corrected chi connectivity index (χ2v) is 5.89. The highest BCUT2D eigenvalue weighted by molar-refractivity contribution is 5.85. The van der Waals surface area contributed by atoms with Crippen LogP contribution in [0.5, 0.6) is 0 Å². The summed E-state index contributed by atoms with van der Waals surface area (Å²) in [5, 5.41) is 10.1. The summed E-state index contributed by atoms with van der Waals surface area (Å²) in [4.78, 5) is 13.6. The monoisotopic (exact) mass is 275 g/mol. The topological polar surface area (TPSA) is 59.0 Å². The fourth-order valence-electron chi connectivity index (χ4n) is 2.58. The van der Waals surface area contributed by atoms with Gasteiger partial charge in [-0.25, -0.2) is 4.39 Å². The summed E-state index contributed by atoms with van der Waals surface area (Å²) in [7, 11) is 0. The number of likely N-dealkylation sites (tertiary alicyclic amines) is 1. The van der Waals surface area contributed by atoms with Gasteiger partial charge in [-0.2, -0.15) is 0 Å². The second-order valence-electron chi connectivity index (χ2n) is 5.89. The van der Waals surface area contributed by atoms with Gasteiger partial charge in [-0.3, -0.25) is 4.79 Å². The van der Waals surface area contributed by atoms with Crippen LogP contribution in [0, 0.1) is 0 Å². The van der Waals surface area contributed by atoms with Gasteiger partial charge in [0.05, 0.1) is 6.61 Å². The number of carbonyl (C=O) groups excluding carboxylic acids is 1. The Balaban J connectivity index is 2.04. The van der Waals surface area contributed by atoms with Crippen LogP contribution in [0.15, 0.2) is 0 Å². The van der Waals surface area contributed by atoms with Crippen LogP contribution in [0.3, 0.4) is 0 Å². The van der Waals surface area contributed by atoms with Crippen LogP contribution in [-0.4, -0.2) is 59.3 Å². The van der Waals surface area contributed by atoms with Crippen LogP contribution in [-0.2, 0) is 14.3 Å². The number of hydrogen-bond acceptors (Lipinski definition) is 4. The van der Waals surface area contributed by atoms with Crippen molar-refractivity contribution in [1.29, 1.82) is 0 Å². The number of nitrogens with zero attached hydrogens (tertiary/aromatic N) is 1. The summed E-state index contributed by atoms with van der Waals surface area (Å²) in [5.41, 5.74) is -2.35. The first kappa shape index (κ1) is 14.7. The standard InChI is InChI=1S/C13H22FNO4/c1-12(2)18-8-9(19-12)10(16)13(3,14)11(17)15-6-4-5-7-15/h9-10,16H,4-8H2,1-3H3/t9-,10-,13?/m1/s1. The molecule has 19 heavy (non-hydrogen) atoms. The first-order valence-corrected chi connectivity index (χ1v) is 6.72. The maximum atomic E-state index is 14.7. The largest absolute Gasteiger partial charge is 0.386 e. The van der Waals surface area contributed by atoms with E-state index in [2.05, 4.69) is 0 Å². The van der Waals surface area contributed by atoms with Crippen LogP contribution in [0.4, 0.5) is 4.39 Å². The number of ether oxygens (including phenoxy) is 2. The first-order valence-electron chi connectivity index (χ1n) is 6.72. The van der Waals surface area contributed by atoms with Crippen LogP contribution in [0.2, 0.25) is 0 Å². The van der Waals surface area contributed by atoms with Crippen molar-refractivity contribution in [3.05, 3.63) is 0 Å². The molecule has 0 aromatic heterocycles. The third-order valence-corrected chi connectivity index (χ3v) is 3.75. The molecule has 110 valence electrons. The van der Waals surface area contributed by atoms with Gasteiger partial charge >= 0.3 is 0 Å². The number of aliphatic hydroxyl groups is 1. The van der Waals surface area contributed by atoms with E-state index in [-0.39, 0.29) is 6.61 Å². The quantitative estimate of drug-likeness (QED) is 0.829. The summed E-state index contributed by atoms with van der Waals surface area (Å²) >= 11 is 0. The van der Waals surface area contributed by atoms with E-state index >= 15 is 0 Å². The lowest BCUT2D eigenvalue weighted by molar-refractivity contribution is -0.175. The molecule has 2 aliphatic heterocycles. The molecule has 6 heteroatoms. The Morgan fingerprint density at radius 1 is 1.47 bits per heavy atom. The summed E-state index contributed by atoms with van der Waals surface area (Å²) in [6.07, 6.45) is -0.582. The smallest absolute Gasteiger partial charge is 0.262 e. The minimum atomic E-state index is -2.35. The summed E-state index contributed by atoms with van der Waals surface area (Å²) in [6.45, 7) is 5.69. The highest BCUT2D eigenvalue weighted by atomic mass is 19.1. The Hall–Kier alpha value is -0.720. The van der Waals surface area contributed by atoms with Gasteiger partial charge in [0.1, 0.15) is 12.2 Å². The first-order chi connectivity index (χ1) is 8.74. The van der Waals surface area contributed by atoms with Gasteiger partial charge in [0, 0.05) is 13.1 Å². The van der Waals surface area contributed by atoms with Crippen molar-refractivity contribution in [2.75, 3.05) is 19.7 Å². The number of amides is 1. The zero-order valence-corrected chi connectivity index (χ0v) is 11.7. The minimum absolute atomic E-state index is 0.0843. The molecule has 2 saturated heterocycles. The average Bonchev–Trinajstić information content (AvgIpc) is 2.96. The van der Waals surface area contributed by atoms with Crippen molar-refractivity contribution in [3.63, 3.8) is 0 Å². The molecule has 0 aromatic carbocycles. The van der Waals surface area contributed by atoms with Crippen LogP contribution in [0.25, 0.3) is 0 Å². The fourth-order valence-corrected chi connectivity index (χ4v) is 2.58. The van der Waals surface area contributed by atoms with Crippen molar-refractivity contribution < 1.29 is 23.8 Å². The molecule has 1 amide bonds. The number of carbonyl (C=O) groups is 1. The summed E-state index contributed by atoms with van der Waals surface area (Å²) < 4.78 is 25.4. The molecule has 2 fully saturated rings. The van der Waals surface area contributed by atoms with Crippen molar-refractivity contribution in [1.82, 2.24) is 4.90 Å². The van der Waals surface area contributed by atoms with E-state index in [4.69, 9.17) is 9.47 Å². The van der Waals surface area contributed by atoms with E-state index in [0.29, 0.717) is 13.1 Å². The lowest BCUT2D eigenvalue weighted by Crippen LogP contribution is -2.55. The predicted octanol–water partition coefficient (Wildman–Crippen LogP) is 0.849. The zero-order valence-electron chi connectivity index (χ0n) is 11.7. The molecule has 1 unspecified atom stereocenters. The normalized spacial score (nSPS) is 31.2. The Labute approximate surface area is 112 Å². The lowest BCUT2D eigenvalue weighted by atomic mass is 9.95. The lowest BCUT2D eigenvalue weighted by Gasteiger charge is -2.32. The molecule has 2 heterocycles. The number of aliphatic hydroxyl groups excluding tert-OH is 1. The molecular formula is C13H22FNO4. The highest BCUT2D eigenvalue weighted by Gasteiger charge is 2.51. The average molecular weight is 275 g/mol. The summed E-state index contributed by atoms with van der Waals surface area (Å²) in [6, 6.07) is 0. The van der Waals surface area contributed by atoms with Gasteiger partial charge in [0.25, 0.3) is 5.91 Å². The van der Waals surface area contributed by atoms with Crippen molar-refractivity contribution in [3.8, 4) is 0 Å². The van der Waals surface area contributed by atoms with Crippen LogP contribution < -0.4 is 0 Å². The maximum absolute atomic E-state index is 14.7. The van der Waals surface area contributed by atoms with E-state index in [1.54, 1.807) is 13.8 Å². The number of alkyl halides is 1. The van der Waals surface area contributed by atoms with Gasteiger partial charge in [0.2, 0.25) is 5.67 Å². The van der Waals surface area contributed by atoms with E-state index < -0.39 is 29.6 Å². The Morgan fingerprint density at radius 3 is 2.53 bits per heavy atom. The van der Waals surface area contributed by atoms with E-state index in [9.17, 15) is 14.3 Å². The minimum Gasteiger partial charge on any atom is -0.386 e. The van der Waals surface area contributed by atoms with Gasteiger partial charge in [-0.05, 0) is 33.6 Å². The summed E-state index contributed by atoms with van der Waals surface area (Å²) in [5.74, 6) is -1.51. The Bertz CT molecular complexity index is 353. The molecule has 5 nitrogen and oxygen atoms in total. The van der Waals surface area contributed by atoms with Gasteiger partial charge in [-0.15, -0.1) is 0 Å². The second kappa shape index (κ2) is 5.00. The highest BCUT2D eigenvalue weighted by Crippen LogP contribution is 2.31. The third-order valence-electron chi connectivity index (χ3n) is 3.75. The van der Waals surface area contributed by atoms with Gasteiger partial charge < -0.3 is 19.5 Å². The third kappa shape index (κ3) is 2.90. The molecule has 0 saturated carbocycles. The zero-order chi connectivity index (χ0) is 14.3. The van der Waals surface area contributed by atoms with E-state index in [0.717, 1.165) is 19.8 Å². The molecule has 2 rings (SSSR count). The molecule has 0 bridgehead atoms. The Kier molecular flexibility index (Phi) is 3.86. The number of hydrogen-bond donors (Lipinski definition) is 1. The van der Waals surface area contributed by atoms with Crippen LogP contribution >= 0.6 is 0 Å². The van der Waals surface area contributed by atoms with Crippen molar-refractivity contribution >= 4 is 5.91 Å². The van der Waals surface area contributed by atoms with Gasteiger partial charge in [0.15, 0.2) is 5.79 Å². The molecule has 0 aliphatic carbocycles. The molecular weight excluding hydrogens is 253 g/mol. The molecule has 2 aliphatic rings.